The molecule has 0 radical (unpaired) electrons. The number of carbonyl (C=O) groups excluding carboxylic acids is 4. The lowest BCUT2D eigenvalue weighted by molar-refractivity contribution is -0.137. The Morgan fingerprint density at radius 3 is 2.48 bits per heavy atom. The number of benzene rings is 2. The summed E-state index contributed by atoms with van der Waals surface area (Å²) in [6.45, 7) is 4.68. The number of amides is 4. The highest BCUT2D eigenvalue weighted by Gasteiger charge is 2.31. The average molecular weight is 555 g/mol. The molecule has 2 atom stereocenters. The topological polar surface area (TPSA) is 135 Å². The third-order valence-electron chi connectivity index (χ3n) is 6.40. The van der Waals surface area contributed by atoms with Crippen LogP contribution in [0.2, 0.25) is 0 Å². The quantitative estimate of drug-likeness (QED) is 0.423. The lowest BCUT2D eigenvalue weighted by Crippen LogP contribution is -2.54. The molecule has 0 aliphatic carbocycles. The second kappa shape index (κ2) is 14.8. The smallest absolute Gasteiger partial charge is 0.255 e. The van der Waals surface area contributed by atoms with Gasteiger partial charge in [-0.05, 0) is 48.7 Å². The van der Waals surface area contributed by atoms with E-state index in [1.54, 1.807) is 62.7 Å². The lowest BCUT2D eigenvalue weighted by Gasteiger charge is -2.28. The molecule has 1 aliphatic heterocycles. The third kappa shape index (κ3) is 8.62. The number of nitrogens with zero attached hydrogens (tertiary/aromatic N) is 1. The van der Waals surface area contributed by atoms with E-state index in [4.69, 9.17) is 14.2 Å². The van der Waals surface area contributed by atoms with E-state index in [0.717, 1.165) is 5.75 Å². The first kappa shape index (κ1) is 30.3. The summed E-state index contributed by atoms with van der Waals surface area (Å²) in [5.74, 6) is -0.346. The second-order valence-corrected chi connectivity index (χ2v) is 9.79. The molecule has 0 saturated carbocycles. The van der Waals surface area contributed by atoms with Crippen LogP contribution in [0, 0.1) is 5.92 Å². The van der Waals surface area contributed by atoms with Crippen LogP contribution in [0.1, 0.15) is 37.0 Å². The first-order chi connectivity index (χ1) is 19.2. The zero-order chi connectivity index (χ0) is 29.1. The number of hydrogen-bond donors (Lipinski definition) is 3. The first-order valence-corrected chi connectivity index (χ1v) is 13.3. The summed E-state index contributed by atoms with van der Waals surface area (Å²) in [4.78, 5) is 53.8. The van der Waals surface area contributed by atoms with Gasteiger partial charge in [-0.2, -0.15) is 0 Å². The van der Waals surface area contributed by atoms with Crippen LogP contribution in [0.4, 0.5) is 0 Å². The molecule has 40 heavy (non-hydrogen) atoms. The summed E-state index contributed by atoms with van der Waals surface area (Å²) >= 11 is 0. The fraction of sp³-hybridized carbons (Fsp3) is 0.448. The molecule has 4 amide bonds. The number of hydrogen-bond acceptors (Lipinski definition) is 7. The standard InChI is InChI=1S/C29H38N4O7/c1-19(2)26-29(37)33(3)15-17-40-24-9-6-5-8-22(24)27(35)31-23(18-25(34)32-26)28(36)30-14-7-16-39-21-12-10-20(38-4)11-13-21/h5-6,8-13,19,23,26H,7,14-18H2,1-4H3,(H,30,36)(H,31,35)(H,32,34)/t23-,26-/m0/s1. The minimum Gasteiger partial charge on any atom is -0.497 e. The van der Waals surface area contributed by atoms with Gasteiger partial charge in [0.05, 0.1) is 32.2 Å². The van der Waals surface area contributed by atoms with Gasteiger partial charge in [0.15, 0.2) is 0 Å². The number of ether oxygens (including phenoxy) is 3. The van der Waals surface area contributed by atoms with E-state index in [1.165, 1.54) is 4.90 Å². The normalized spacial score (nSPS) is 18.5. The van der Waals surface area contributed by atoms with Gasteiger partial charge in [-0.15, -0.1) is 0 Å². The SMILES string of the molecule is COc1ccc(OCCCNC(=O)[C@@H]2CC(=O)N[C@@H](C(C)C)C(=O)N(C)CCOc3ccccc3C(=O)N2)cc1. The Kier molecular flexibility index (Phi) is 11.2. The van der Waals surface area contributed by atoms with Crippen molar-refractivity contribution in [2.75, 3.05) is 40.5 Å². The van der Waals surface area contributed by atoms with Crippen molar-refractivity contribution in [3.8, 4) is 17.2 Å². The van der Waals surface area contributed by atoms with Gasteiger partial charge in [0.25, 0.3) is 5.91 Å². The van der Waals surface area contributed by atoms with Crippen LogP contribution >= 0.6 is 0 Å². The maximum absolute atomic E-state index is 13.2. The van der Waals surface area contributed by atoms with E-state index in [0.29, 0.717) is 24.5 Å². The van der Waals surface area contributed by atoms with Crippen LogP contribution in [-0.2, 0) is 14.4 Å². The van der Waals surface area contributed by atoms with Crippen LogP contribution in [0.5, 0.6) is 17.2 Å². The highest BCUT2D eigenvalue weighted by molar-refractivity contribution is 6.01. The molecule has 0 bridgehead atoms. The molecule has 3 rings (SSSR count). The Morgan fingerprint density at radius 2 is 1.77 bits per heavy atom. The molecule has 3 N–H and O–H groups in total. The minimum absolute atomic E-state index is 0.147. The Balaban J connectivity index is 1.69. The molecule has 1 heterocycles. The molecule has 2 aromatic rings. The van der Waals surface area contributed by atoms with E-state index >= 15 is 0 Å². The summed E-state index contributed by atoms with van der Waals surface area (Å²) < 4.78 is 16.6. The fourth-order valence-corrected chi connectivity index (χ4v) is 4.07. The van der Waals surface area contributed by atoms with Gasteiger partial charge in [-0.25, -0.2) is 0 Å². The highest BCUT2D eigenvalue weighted by Crippen LogP contribution is 2.19. The maximum atomic E-state index is 13.2. The van der Waals surface area contributed by atoms with E-state index < -0.39 is 29.8 Å². The van der Waals surface area contributed by atoms with Crippen molar-refractivity contribution in [1.29, 1.82) is 0 Å². The van der Waals surface area contributed by atoms with Crippen molar-refractivity contribution in [3.63, 3.8) is 0 Å². The van der Waals surface area contributed by atoms with Gasteiger partial charge >= 0.3 is 0 Å². The van der Waals surface area contributed by atoms with E-state index in [1.807, 2.05) is 13.8 Å². The van der Waals surface area contributed by atoms with Crippen molar-refractivity contribution in [2.24, 2.45) is 5.92 Å². The molecular formula is C29H38N4O7. The summed E-state index contributed by atoms with van der Waals surface area (Å²) in [5.41, 5.74) is 0.222. The minimum atomic E-state index is -1.17. The lowest BCUT2D eigenvalue weighted by atomic mass is 10.0. The van der Waals surface area contributed by atoms with Crippen molar-refractivity contribution in [2.45, 2.75) is 38.8 Å². The van der Waals surface area contributed by atoms with E-state index in [2.05, 4.69) is 16.0 Å². The molecule has 0 aromatic heterocycles. The van der Waals surface area contributed by atoms with Crippen molar-refractivity contribution in [1.82, 2.24) is 20.9 Å². The van der Waals surface area contributed by atoms with Gasteiger partial charge in [-0.1, -0.05) is 26.0 Å². The number of likely N-dealkylation sites (N-methyl/N-ethyl adjacent to an activating group) is 1. The molecule has 0 fully saturated rings. The second-order valence-electron chi connectivity index (χ2n) is 9.79. The summed E-state index contributed by atoms with van der Waals surface area (Å²) in [5, 5.41) is 8.18. The van der Waals surface area contributed by atoms with Crippen molar-refractivity contribution in [3.05, 3.63) is 54.1 Å². The molecule has 0 saturated heterocycles. The number of methoxy groups -OCH3 is 1. The van der Waals surface area contributed by atoms with Crippen molar-refractivity contribution >= 4 is 23.6 Å². The molecule has 1 aliphatic rings. The van der Waals surface area contributed by atoms with Crippen LogP contribution in [0.3, 0.4) is 0 Å². The summed E-state index contributed by atoms with van der Waals surface area (Å²) in [6, 6.07) is 11.8. The van der Waals surface area contributed by atoms with E-state index in [-0.39, 0.29) is 43.5 Å². The Labute approximate surface area is 234 Å². The number of rotatable bonds is 8. The number of fused-ring (bicyclic) bond motifs is 1. The third-order valence-corrected chi connectivity index (χ3v) is 6.40. The Morgan fingerprint density at radius 1 is 1.07 bits per heavy atom. The molecule has 11 heteroatoms. The van der Waals surface area contributed by atoms with Gasteiger partial charge in [-0.3, -0.25) is 19.2 Å². The largest absolute Gasteiger partial charge is 0.497 e. The molecule has 11 nitrogen and oxygen atoms in total. The van der Waals surface area contributed by atoms with E-state index in [9.17, 15) is 19.2 Å². The average Bonchev–Trinajstić information content (AvgIpc) is 2.94. The first-order valence-electron chi connectivity index (χ1n) is 13.3. The molecular weight excluding hydrogens is 516 g/mol. The number of carbonyl (C=O) groups is 4. The van der Waals surface area contributed by atoms with Crippen LogP contribution in [0.15, 0.2) is 48.5 Å². The van der Waals surface area contributed by atoms with Gasteiger partial charge < -0.3 is 35.1 Å². The predicted octanol–water partition coefficient (Wildman–Crippen LogP) is 1.76. The van der Waals surface area contributed by atoms with Gasteiger partial charge in [0.2, 0.25) is 17.7 Å². The molecule has 216 valence electrons. The number of para-hydroxylation sites is 1. The van der Waals surface area contributed by atoms with Crippen LogP contribution in [0.25, 0.3) is 0 Å². The van der Waals surface area contributed by atoms with Crippen molar-refractivity contribution < 1.29 is 33.4 Å². The molecule has 0 unspecified atom stereocenters. The summed E-state index contributed by atoms with van der Waals surface area (Å²) in [7, 11) is 3.22. The van der Waals surface area contributed by atoms with Crippen LogP contribution < -0.4 is 30.2 Å². The zero-order valence-electron chi connectivity index (χ0n) is 23.4. The van der Waals surface area contributed by atoms with Gasteiger partial charge in [0.1, 0.15) is 35.9 Å². The van der Waals surface area contributed by atoms with Gasteiger partial charge in [0, 0.05) is 13.6 Å². The molecule has 2 aromatic carbocycles. The monoisotopic (exact) mass is 554 g/mol. The summed E-state index contributed by atoms with van der Waals surface area (Å²) in [6.07, 6.45) is 0.153. The van der Waals surface area contributed by atoms with Crippen LogP contribution in [-0.4, -0.2) is 81.1 Å². The highest BCUT2D eigenvalue weighted by atomic mass is 16.5. The Bertz CT molecular complexity index is 1170. The Hall–Kier alpha value is -4.28. The maximum Gasteiger partial charge on any atom is 0.255 e. The predicted molar refractivity (Wildman–Crippen MR) is 148 cm³/mol. The molecule has 0 spiro atoms. The fourth-order valence-electron chi connectivity index (χ4n) is 4.07. The number of nitrogens with one attached hydrogen (secondary N) is 3. The zero-order valence-corrected chi connectivity index (χ0v) is 23.4.